The predicted octanol–water partition coefficient (Wildman–Crippen LogP) is 2.49. The number of hydrogen-bond acceptors (Lipinski definition) is 4. The highest BCUT2D eigenvalue weighted by Crippen LogP contribution is 2.26. The van der Waals surface area contributed by atoms with Crippen LogP contribution in [-0.2, 0) is 11.3 Å². The Kier molecular flexibility index (Phi) is 5.30. The molecule has 0 aromatic heterocycles. The van der Waals surface area contributed by atoms with Crippen LogP contribution >= 0.6 is 15.9 Å². The van der Waals surface area contributed by atoms with E-state index in [0.717, 1.165) is 25.7 Å². The number of nitrogens with two attached hydrogens (primary N) is 1. The standard InChI is InChI=1S/C14H18BrN3O3/c15-11-4-1-10(13(7-11)18(20)21)8-17-12-5-2-9(3-6-12)14(16)19/h1,4,7,9,12,17H,2-3,5-6,8H2,(H2,16,19). The van der Waals surface area contributed by atoms with Gasteiger partial charge >= 0.3 is 0 Å². The second kappa shape index (κ2) is 7.00. The van der Waals surface area contributed by atoms with E-state index in [0.29, 0.717) is 16.6 Å². The molecule has 3 N–H and O–H groups in total. The van der Waals surface area contributed by atoms with Crippen molar-refractivity contribution in [1.82, 2.24) is 5.32 Å². The molecule has 0 spiro atoms. The lowest BCUT2D eigenvalue weighted by Crippen LogP contribution is -2.36. The smallest absolute Gasteiger partial charge is 0.275 e. The van der Waals surface area contributed by atoms with Gasteiger partial charge in [-0.25, -0.2) is 0 Å². The van der Waals surface area contributed by atoms with Crippen molar-refractivity contribution in [2.75, 3.05) is 0 Å². The van der Waals surface area contributed by atoms with E-state index in [2.05, 4.69) is 21.2 Å². The molecule has 1 amide bonds. The fourth-order valence-electron chi connectivity index (χ4n) is 2.69. The van der Waals surface area contributed by atoms with Crippen molar-refractivity contribution in [3.63, 3.8) is 0 Å². The molecule has 6 nitrogen and oxygen atoms in total. The third kappa shape index (κ3) is 4.25. The molecule has 0 saturated heterocycles. The maximum Gasteiger partial charge on any atom is 0.275 e. The number of rotatable bonds is 5. The Morgan fingerprint density at radius 3 is 2.62 bits per heavy atom. The highest BCUT2D eigenvalue weighted by molar-refractivity contribution is 9.10. The summed E-state index contributed by atoms with van der Waals surface area (Å²) in [6.07, 6.45) is 3.32. The second-order valence-electron chi connectivity index (χ2n) is 5.36. The van der Waals surface area contributed by atoms with Gasteiger partial charge in [-0.05, 0) is 37.8 Å². The average Bonchev–Trinajstić information content (AvgIpc) is 2.46. The number of nitrogens with zero attached hydrogens (tertiary/aromatic N) is 1. The number of nitro groups is 1. The highest BCUT2D eigenvalue weighted by atomic mass is 79.9. The lowest BCUT2D eigenvalue weighted by molar-refractivity contribution is -0.385. The van der Waals surface area contributed by atoms with Gasteiger partial charge in [0.2, 0.25) is 5.91 Å². The van der Waals surface area contributed by atoms with Gasteiger partial charge in [0.05, 0.1) is 4.92 Å². The van der Waals surface area contributed by atoms with Crippen molar-refractivity contribution in [2.24, 2.45) is 11.7 Å². The number of amides is 1. The number of hydrogen-bond donors (Lipinski definition) is 2. The summed E-state index contributed by atoms with van der Waals surface area (Å²) < 4.78 is 0.694. The average molecular weight is 356 g/mol. The summed E-state index contributed by atoms with van der Waals surface area (Å²) in [7, 11) is 0. The van der Waals surface area contributed by atoms with Crippen LogP contribution in [0.1, 0.15) is 31.2 Å². The van der Waals surface area contributed by atoms with Crippen LogP contribution in [-0.4, -0.2) is 16.9 Å². The third-order valence-corrected chi connectivity index (χ3v) is 4.45. The lowest BCUT2D eigenvalue weighted by atomic mass is 9.85. The van der Waals surface area contributed by atoms with Crippen LogP contribution in [0.15, 0.2) is 22.7 Å². The van der Waals surface area contributed by atoms with E-state index in [1.165, 1.54) is 6.07 Å². The topological polar surface area (TPSA) is 98.3 Å². The van der Waals surface area contributed by atoms with Crippen molar-refractivity contribution in [1.29, 1.82) is 0 Å². The Balaban J connectivity index is 1.92. The first kappa shape index (κ1) is 15.9. The molecule has 1 aliphatic rings. The molecule has 1 aromatic rings. The molecule has 7 heteroatoms. The molecule has 0 bridgehead atoms. The maximum atomic E-state index is 11.1. The van der Waals surface area contributed by atoms with E-state index >= 15 is 0 Å². The van der Waals surface area contributed by atoms with Crippen LogP contribution in [0.2, 0.25) is 0 Å². The largest absolute Gasteiger partial charge is 0.369 e. The Hall–Kier alpha value is -1.47. The van der Waals surface area contributed by atoms with Gasteiger partial charge in [-0.15, -0.1) is 0 Å². The minimum Gasteiger partial charge on any atom is -0.369 e. The first-order valence-electron chi connectivity index (χ1n) is 6.93. The van der Waals surface area contributed by atoms with Crippen LogP contribution in [0.4, 0.5) is 5.69 Å². The SMILES string of the molecule is NC(=O)C1CCC(NCc2ccc(Br)cc2[N+](=O)[O-])CC1. The molecule has 1 saturated carbocycles. The summed E-state index contributed by atoms with van der Waals surface area (Å²) in [4.78, 5) is 21.8. The Morgan fingerprint density at radius 2 is 2.05 bits per heavy atom. The fraction of sp³-hybridized carbons (Fsp3) is 0.500. The molecule has 0 aliphatic heterocycles. The number of primary amides is 1. The molecule has 1 fully saturated rings. The van der Waals surface area contributed by atoms with E-state index < -0.39 is 0 Å². The van der Waals surface area contributed by atoms with Gasteiger partial charge in [0.25, 0.3) is 5.69 Å². The third-order valence-electron chi connectivity index (χ3n) is 3.95. The normalized spacial score (nSPS) is 22.0. The molecule has 0 unspecified atom stereocenters. The van der Waals surface area contributed by atoms with Gasteiger partial charge in [0, 0.05) is 34.6 Å². The first-order chi connectivity index (χ1) is 9.97. The number of nitro benzene ring substituents is 1. The quantitative estimate of drug-likeness (QED) is 0.626. The van der Waals surface area contributed by atoms with Gasteiger partial charge in [0.15, 0.2) is 0 Å². The summed E-state index contributed by atoms with van der Waals surface area (Å²) in [5, 5.41) is 14.4. The Bertz CT molecular complexity index is 542. The Labute approximate surface area is 131 Å². The maximum absolute atomic E-state index is 11.1. The molecular formula is C14H18BrN3O3. The van der Waals surface area contributed by atoms with E-state index in [9.17, 15) is 14.9 Å². The summed E-state index contributed by atoms with van der Waals surface area (Å²) in [5.41, 5.74) is 6.09. The van der Waals surface area contributed by atoms with Gasteiger partial charge in [-0.1, -0.05) is 15.9 Å². The van der Waals surface area contributed by atoms with Crippen molar-refractivity contribution in [2.45, 2.75) is 38.3 Å². The lowest BCUT2D eigenvalue weighted by Gasteiger charge is -2.27. The number of nitrogens with one attached hydrogen (secondary N) is 1. The molecule has 114 valence electrons. The second-order valence-corrected chi connectivity index (χ2v) is 6.28. The van der Waals surface area contributed by atoms with E-state index in [1.807, 2.05) is 0 Å². The van der Waals surface area contributed by atoms with Crippen LogP contribution in [0.3, 0.4) is 0 Å². The fourth-order valence-corrected chi connectivity index (χ4v) is 3.04. The van der Waals surface area contributed by atoms with Gasteiger partial charge in [-0.2, -0.15) is 0 Å². The summed E-state index contributed by atoms with van der Waals surface area (Å²) in [5.74, 6) is -0.248. The van der Waals surface area contributed by atoms with Crippen LogP contribution in [0.25, 0.3) is 0 Å². The molecule has 0 atom stereocenters. The van der Waals surface area contributed by atoms with Gasteiger partial charge in [-0.3, -0.25) is 14.9 Å². The predicted molar refractivity (Wildman–Crippen MR) is 82.6 cm³/mol. The van der Waals surface area contributed by atoms with Crippen LogP contribution in [0.5, 0.6) is 0 Å². The summed E-state index contributed by atoms with van der Waals surface area (Å²) in [6.45, 7) is 0.454. The van der Waals surface area contributed by atoms with Crippen LogP contribution < -0.4 is 11.1 Å². The van der Waals surface area contributed by atoms with Gasteiger partial charge < -0.3 is 11.1 Å². The van der Waals surface area contributed by atoms with E-state index in [-0.39, 0.29) is 28.5 Å². The minimum absolute atomic E-state index is 0.0231. The monoisotopic (exact) mass is 355 g/mol. The number of carbonyl (C=O) groups is 1. The van der Waals surface area contributed by atoms with Gasteiger partial charge in [0.1, 0.15) is 0 Å². The molecular weight excluding hydrogens is 338 g/mol. The molecule has 0 heterocycles. The number of carbonyl (C=O) groups excluding carboxylic acids is 1. The molecule has 1 aliphatic carbocycles. The summed E-state index contributed by atoms with van der Waals surface area (Å²) in [6, 6.07) is 5.35. The zero-order valence-corrected chi connectivity index (χ0v) is 13.1. The van der Waals surface area contributed by atoms with E-state index in [1.54, 1.807) is 12.1 Å². The summed E-state index contributed by atoms with van der Waals surface area (Å²) >= 11 is 3.24. The first-order valence-corrected chi connectivity index (χ1v) is 7.72. The molecule has 2 rings (SSSR count). The van der Waals surface area contributed by atoms with Crippen LogP contribution in [0, 0.1) is 16.0 Å². The minimum atomic E-state index is -0.369. The zero-order chi connectivity index (χ0) is 15.4. The van der Waals surface area contributed by atoms with Crippen molar-refractivity contribution >= 4 is 27.5 Å². The molecule has 21 heavy (non-hydrogen) atoms. The number of benzene rings is 1. The van der Waals surface area contributed by atoms with Crippen molar-refractivity contribution in [3.05, 3.63) is 38.3 Å². The van der Waals surface area contributed by atoms with Crippen molar-refractivity contribution < 1.29 is 9.72 Å². The van der Waals surface area contributed by atoms with Crippen molar-refractivity contribution in [3.8, 4) is 0 Å². The number of halogens is 1. The van der Waals surface area contributed by atoms with E-state index in [4.69, 9.17) is 5.73 Å². The molecule has 1 aromatic carbocycles. The zero-order valence-electron chi connectivity index (χ0n) is 11.5. The highest BCUT2D eigenvalue weighted by Gasteiger charge is 2.24. The molecule has 0 radical (unpaired) electrons. The Morgan fingerprint density at radius 1 is 1.38 bits per heavy atom.